The largest absolute Gasteiger partial charge is 0.309 e. The molecule has 0 spiro atoms. The molecule has 2 heteroatoms. The molecule has 0 saturated carbocycles. The normalized spacial score (nSPS) is 13.9. The number of rotatable bonds is 6. The van der Waals surface area contributed by atoms with Crippen LogP contribution in [-0.2, 0) is 0 Å². The Kier molecular flexibility index (Phi) is 5.89. The first kappa shape index (κ1) is 16.1. The quantitative estimate of drug-likeness (QED) is 0.742. The van der Waals surface area contributed by atoms with E-state index in [1.807, 2.05) is 11.8 Å². The van der Waals surface area contributed by atoms with Crippen molar-refractivity contribution in [3.8, 4) is 0 Å². The van der Waals surface area contributed by atoms with Crippen LogP contribution in [0.1, 0.15) is 36.6 Å². The third kappa shape index (κ3) is 4.36. The minimum absolute atomic E-state index is 0.375. The smallest absolute Gasteiger partial charge is 0.0441 e. The molecular formula is C19H25NS. The van der Waals surface area contributed by atoms with Crippen LogP contribution in [0.2, 0.25) is 0 Å². The summed E-state index contributed by atoms with van der Waals surface area (Å²) < 4.78 is 0. The van der Waals surface area contributed by atoms with Crippen molar-refractivity contribution in [1.29, 1.82) is 0 Å². The molecule has 21 heavy (non-hydrogen) atoms. The molecule has 2 unspecified atom stereocenters. The highest BCUT2D eigenvalue weighted by atomic mass is 32.2. The lowest BCUT2D eigenvalue weighted by atomic mass is 10.0. The summed E-state index contributed by atoms with van der Waals surface area (Å²) >= 11 is 1.95. The van der Waals surface area contributed by atoms with E-state index in [-0.39, 0.29) is 0 Å². The molecule has 1 N–H and O–H groups in total. The Morgan fingerprint density at radius 3 is 2.29 bits per heavy atom. The zero-order chi connectivity index (χ0) is 15.2. The standard InChI is InChI=1S/C19H25NS/c1-5-20-19(17-12-10-14(2)11-13-17)16(4)21-18-9-7-6-8-15(18)3/h6-13,16,19-20H,5H2,1-4H3. The predicted octanol–water partition coefficient (Wildman–Crippen LogP) is 5.13. The first-order valence-corrected chi connectivity index (χ1v) is 8.52. The maximum absolute atomic E-state index is 3.64. The van der Waals surface area contributed by atoms with Crippen molar-refractivity contribution in [3.05, 3.63) is 65.2 Å². The van der Waals surface area contributed by atoms with E-state index in [1.54, 1.807) is 0 Å². The van der Waals surface area contributed by atoms with Gasteiger partial charge in [-0.1, -0.05) is 61.9 Å². The van der Waals surface area contributed by atoms with Crippen molar-refractivity contribution in [1.82, 2.24) is 5.32 Å². The van der Waals surface area contributed by atoms with E-state index in [0.29, 0.717) is 11.3 Å². The Hall–Kier alpha value is -1.25. The monoisotopic (exact) mass is 299 g/mol. The zero-order valence-corrected chi connectivity index (χ0v) is 14.2. The van der Waals surface area contributed by atoms with Crippen molar-refractivity contribution in [3.63, 3.8) is 0 Å². The second kappa shape index (κ2) is 7.67. The van der Waals surface area contributed by atoms with E-state index in [0.717, 1.165) is 6.54 Å². The lowest BCUT2D eigenvalue weighted by molar-refractivity contribution is 0.548. The van der Waals surface area contributed by atoms with Crippen molar-refractivity contribution >= 4 is 11.8 Å². The van der Waals surface area contributed by atoms with Crippen LogP contribution in [0.15, 0.2) is 53.4 Å². The van der Waals surface area contributed by atoms with Crippen molar-refractivity contribution < 1.29 is 0 Å². The molecule has 0 aromatic heterocycles. The minimum Gasteiger partial charge on any atom is -0.309 e. The number of aryl methyl sites for hydroxylation is 2. The average Bonchev–Trinajstić information content (AvgIpc) is 2.48. The van der Waals surface area contributed by atoms with Gasteiger partial charge in [0.25, 0.3) is 0 Å². The Morgan fingerprint density at radius 1 is 1.00 bits per heavy atom. The third-order valence-corrected chi connectivity index (χ3v) is 5.09. The van der Waals surface area contributed by atoms with Gasteiger partial charge in [-0.25, -0.2) is 0 Å². The fourth-order valence-corrected chi connectivity index (χ4v) is 3.71. The molecule has 112 valence electrons. The zero-order valence-electron chi connectivity index (χ0n) is 13.4. The van der Waals surface area contributed by atoms with Gasteiger partial charge >= 0.3 is 0 Å². The molecule has 0 aliphatic heterocycles. The summed E-state index contributed by atoms with van der Waals surface area (Å²) in [6.45, 7) is 9.79. The molecule has 0 bridgehead atoms. The molecule has 2 aromatic carbocycles. The second-order valence-corrected chi connectivity index (χ2v) is 6.95. The highest BCUT2D eigenvalue weighted by molar-refractivity contribution is 8.00. The first-order chi connectivity index (χ1) is 10.1. The molecule has 0 aliphatic rings. The van der Waals surface area contributed by atoms with Gasteiger partial charge in [-0.05, 0) is 37.6 Å². The van der Waals surface area contributed by atoms with Gasteiger partial charge in [-0.3, -0.25) is 0 Å². The Balaban J connectivity index is 2.17. The van der Waals surface area contributed by atoms with Crippen LogP contribution >= 0.6 is 11.8 Å². The summed E-state index contributed by atoms with van der Waals surface area (Å²) in [4.78, 5) is 1.38. The summed E-state index contributed by atoms with van der Waals surface area (Å²) in [7, 11) is 0. The Labute approximate surface area is 133 Å². The molecule has 0 amide bonds. The van der Waals surface area contributed by atoms with Crippen LogP contribution in [0.4, 0.5) is 0 Å². The van der Waals surface area contributed by atoms with Crippen LogP contribution < -0.4 is 5.32 Å². The van der Waals surface area contributed by atoms with Crippen LogP contribution in [0.5, 0.6) is 0 Å². The van der Waals surface area contributed by atoms with Crippen LogP contribution in [0.25, 0.3) is 0 Å². The van der Waals surface area contributed by atoms with Gasteiger partial charge < -0.3 is 5.32 Å². The SMILES string of the molecule is CCNC(c1ccc(C)cc1)C(C)Sc1ccccc1C. The van der Waals surface area contributed by atoms with Gasteiger partial charge in [-0.2, -0.15) is 0 Å². The number of hydrogen-bond donors (Lipinski definition) is 1. The van der Waals surface area contributed by atoms with E-state index in [9.17, 15) is 0 Å². The molecule has 2 aromatic rings. The highest BCUT2D eigenvalue weighted by Gasteiger charge is 2.19. The molecular weight excluding hydrogens is 274 g/mol. The van der Waals surface area contributed by atoms with E-state index >= 15 is 0 Å². The van der Waals surface area contributed by atoms with Crippen molar-refractivity contribution in [2.45, 2.75) is 43.9 Å². The molecule has 0 fully saturated rings. The molecule has 1 nitrogen and oxygen atoms in total. The van der Waals surface area contributed by atoms with Gasteiger partial charge in [0, 0.05) is 16.2 Å². The summed E-state index contributed by atoms with van der Waals surface area (Å²) in [6, 6.07) is 17.9. The van der Waals surface area contributed by atoms with E-state index in [4.69, 9.17) is 0 Å². The summed E-state index contributed by atoms with van der Waals surface area (Å²) in [6.07, 6.45) is 0. The number of hydrogen-bond acceptors (Lipinski definition) is 2. The lowest BCUT2D eigenvalue weighted by Gasteiger charge is -2.25. The van der Waals surface area contributed by atoms with Crippen LogP contribution in [-0.4, -0.2) is 11.8 Å². The third-order valence-electron chi connectivity index (χ3n) is 3.74. The molecule has 0 heterocycles. The Bertz CT molecular complexity index is 562. The van der Waals surface area contributed by atoms with Gasteiger partial charge in [0.05, 0.1) is 0 Å². The van der Waals surface area contributed by atoms with Crippen LogP contribution in [0.3, 0.4) is 0 Å². The van der Waals surface area contributed by atoms with Gasteiger partial charge in [0.15, 0.2) is 0 Å². The average molecular weight is 299 g/mol. The van der Waals surface area contributed by atoms with E-state index in [2.05, 4.69) is 81.5 Å². The molecule has 2 rings (SSSR count). The number of thioether (sulfide) groups is 1. The van der Waals surface area contributed by atoms with Crippen molar-refractivity contribution in [2.75, 3.05) is 6.54 Å². The summed E-state index contributed by atoms with van der Waals surface area (Å²) in [5.41, 5.74) is 4.04. The van der Waals surface area contributed by atoms with E-state index in [1.165, 1.54) is 21.6 Å². The predicted molar refractivity (Wildman–Crippen MR) is 94.1 cm³/mol. The van der Waals surface area contributed by atoms with Crippen molar-refractivity contribution in [2.24, 2.45) is 0 Å². The van der Waals surface area contributed by atoms with E-state index < -0.39 is 0 Å². The topological polar surface area (TPSA) is 12.0 Å². The van der Waals surface area contributed by atoms with Gasteiger partial charge in [-0.15, -0.1) is 11.8 Å². The highest BCUT2D eigenvalue weighted by Crippen LogP contribution is 2.33. The fourth-order valence-electron chi connectivity index (χ4n) is 2.51. The lowest BCUT2D eigenvalue weighted by Crippen LogP contribution is -2.28. The maximum atomic E-state index is 3.64. The van der Waals surface area contributed by atoms with Gasteiger partial charge in [0.2, 0.25) is 0 Å². The second-order valence-electron chi connectivity index (χ2n) is 5.53. The summed E-state index contributed by atoms with van der Waals surface area (Å²) in [5, 5.41) is 4.12. The molecule has 0 radical (unpaired) electrons. The number of benzene rings is 2. The summed E-state index contributed by atoms with van der Waals surface area (Å²) in [5.74, 6) is 0. The fraction of sp³-hybridized carbons (Fsp3) is 0.368. The van der Waals surface area contributed by atoms with Gasteiger partial charge in [0.1, 0.15) is 0 Å². The molecule has 0 saturated heterocycles. The van der Waals surface area contributed by atoms with Crippen LogP contribution in [0, 0.1) is 13.8 Å². The first-order valence-electron chi connectivity index (χ1n) is 7.64. The molecule has 0 aliphatic carbocycles. The number of nitrogens with one attached hydrogen (secondary N) is 1. The Morgan fingerprint density at radius 2 is 1.67 bits per heavy atom. The maximum Gasteiger partial charge on any atom is 0.0441 e. The molecule has 2 atom stereocenters. The minimum atomic E-state index is 0.375.